The van der Waals surface area contributed by atoms with Crippen LogP contribution in [0.4, 0.5) is 16.3 Å². The number of nitrogen functional groups attached to an aromatic ring is 1. The molecule has 16 heavy (non-hydrogen) atoms. The molecule has 0 saturated heterocycles. The summed E-state index contributed by atoms with van der Waals surface area (Å²) >= 11 is 5.76. The van der Waals surface area contributed by atoms with Crippen LogP contribution in [0.3, 0.4) is 0 Å². The first-order valence-electron chi connectivity index (χ1n) is 4.51. The summed E-state index contributed by atoms with van der Waals surface area (Å²) in [6, 6.07) is 0. The molecule has 0 aromatic carbocycles. The summed E-state index contributed by atoms with van der Waals surface area (Å²) in [6.45, 7) is 2.30. The number of nitrogens with one attached hydrogen (secondary N) is 2. The molecule has 0 fully saturated rings. The summed E-state index contributed by atoms with van der Waals surface area (Å²) in [6.07, 6.45) is -1.08. The monoisotopic (exact) mass is 245 g/mol. The minimum absolute atomic E-state index is 0.182. The normalized spacial score (nSPS) is 9.88. The maximum atomic E-state index is 10.2. The number of nitrogens with two attached hydrogens (primary N) is 1. The molecule has 0 radical (unpaired) electrons. The summed E-state index contributed by atoms with van der Waals surface area (Å²) in [7, 11) is 0. The van der Waals surface area contributed by atoms with E-state index in [1.54, 1.807) is 6.92 Å². The van der Waals surface area contributed by atoms with Crippen LogP contribution in [-0.2, 0) is 0 Å². The van der Waals surface area contributed by atoms with Gasteiger partial charge in [0.2, 0.25) is 0 Å². The van der Waals surface area contributed by atoms with Gasteiger partial charge in [-0.05, 0) is 6.92 Å². The van der Waals surface area contributed by atoms with E-state index in [1.165, 1.54) is 0 Å². The van der Waals surface area contributed by atoms with E-state index < -0.39 is 6.09 Å². The third kappa shape index (κ3) is 3.43. The maximum absolute atomic E-state index is 10.2. The van der Waals surface area contributed by atoms with E-state index in [-0.39, 0.29) is 17.4 Å². The molecule has 0 bridgehead atoms. The SMILES string of the molecule is Cc1nc(Cl)c(N)c(NCCNC(=O)O)n1. The lowest BCUT2D eigenvalue weighted by Crippen LogP contribution is -2.27. The second kappa shape index (κ2) is 5.36. The molecule has 5 N–H and O–H groups in total. The number of hydrogen-bond donors (Lipinski definition) is 4. The van der Waals surface area contributed by atoms with Gasteiger partial charge in [0.1, 0.15) is 11.5 Å². The molecule has 88 valence electrons. The Bertz CT molecular complexity index is 398. The summed E-state index contributed by atoms with van der Waals surface area (Å²) in [5, 5.41) is 13.6. The number of aromatic nitrogens is 2. The van der Waals surface area contributed by atoms with Crippen LogP contribution in [0.5, 0.6) is 0 Å². The Morgan fingerprint density at radius 2 is 2.19 bits per heavy atom. The van der Waals surface area contributed by atoms with Gasteiger partial charge >= 0.3 is 6.09 Å². The molecule has 1 amide bonds. The van der Waals surface area contributed by atoms with Gasteiger partial charge < -0.3 is 21.5 Å². The van der Waals surface area contributed by atoms with Gasteiger partial charge in [0.15, 0.2) is 11.0 Å². The van der Waals surface area contributed by atoms with Gasteiger partial charge in [0.05, 0.1) is 0 Å². The number of halogens is 1. The molecule has 1 heterocycles. The highest BCUT2D eigenvalue weighted by molar-refractivity contribution is 6.32. The van der Waals surface area contributed by atoms with E-state index in [9.17, 15) is 4.79 Å². The second-order valence-corrected chi connectivity index (χ2v) is 3.34. The number of nitrogens with zero attached hydrogens (tertiary/aromatic N) is 2. The van der Waals surface area contributed by atoms with E-state index in [0.717, 1.165) is 0 Å². The second-order valence-electron chi connectivity index (χ2n) is 2.98. The fourth-order valence-corrected chi connectivity index (χ4v) is 1.24. The Labute approximate surface area is 97.0 Å². The Morgan fingerprint density at radius 3 is 2.81 bits per heavy atom. The third-order valence-corrected chi connectivity index (χ3v) is 1.99. The van der Waals surface area contributed by atoms with E-state index in [2.05, 4.69) is 20.6 Å². The molecular formula is C8H12ClN5O2. The highest BCUT2D eigenvalue weighted by atomic mass is 35.5. The smallest absolute Gasteiger partial charge is 0.404 e. The van der Waals surface area contributed by atoms with Crippen LogP contribution in [0.25, 0.3) is 0 Å². The molecule has 0 aliphatic carbocycles. The standard InChI is InChI=1S/C8H12ClN5O2/c1-4-13-6(9)5(10)7(14-4)11-2-3-12-8(15)16/h12H,2-3,10H2,1H3,(H,15,16)(H,11,13,14). The molecule has 1 rings (SSSR count). The first-order valence-corrected chi connectivity index (χ1v) is 4.88. The van der Waals surface area contributed by atoms with Crippen LogP contribution in [0, 0.1) is 6.92 Å². The molecular weight excluding hydrogens is 234 g/mol. The van der Waals surface area contributed by atoms with Gasteiger partial charge in [-0.1, -0.05) is 11.6 Å². The average molecular weight is 246 g/mol. The minimum atomic E-state index is -1.08. The summed E-state index contributed by atoms with van der Waals surface area (Å²) in [4.78, 5) is 18.1. The highest BCUT2D eigenvalue weighted by Crippen LogP contribution is 2.22. The molecule has 0 atom stereocenters. The number of anilines is 2. The van der Waals surface area contributed by atoms with Crippen molar-refractivity contribution >= 4 is 29.2 Å². The van der Waals surface area contributed by atoms with Crippen LogP contribution >= 0.6 is 11.6 Å². The Hall–Kier alpha value is -1.76. The van der Waals surface area contributed by atoms with E-state index >= 15 is 0 Å². The van der Waals surface area contributed by atoms with Crippen molar-refractivity contribution in [1.82, 2.24) is 15.3 Å². The van der Waals surface area contributed by atoms with Gasteiger partial charge in [-0.15, -0.1) is 0 Å². The Morgan fingerprint density at radius 1 is 1.50 bits per heavy atom. The van der Waals surface area contributed by atoms with Crippen molar-refractivity contribution in [2.24, 2.45) is 0 Å². The molecule has 0 aliphatic rings. The predicted molar refractivity (Wildman–Crippen MR) is 60.7 cm³/mol. The van der Waals surface area contributed by atoms with Gasteiger partial charge in [-0.25, -0.2) is 14.8 Å². The van der Waals surface area contributed by atoms with Crippen molar-refractivity contribution < 1.29 is 9.90 Å². The van der Waals surface area contributed by atoms with Gasteiger partial charge in [0.25, 0.3) is 0 Å². The first-order chi connectivity index (χ1) is 7.50. The zero-order chi connectivity index (χ0) is 12.1. The van der Waals surface area contributed by atoms with Gasteiger partial charge in [-0.3, -0.25) is 0 Å². The average Bonchev–Trinajstić information content (AvgIpc) is 2.19. The molecule has 0 aliphatic heterocycles. The first kappa shape index (κ1) is 12.3. The van der Waals surface area contributed by atoms with Crippen molar-refractivity contribution in [3.05, 3.63) is 11.0 Å². The Kier molecular flexibility index (Phi) is 4.12. The maximum Gasteiger partial charge on any atom is 0.404 e. The Balaban J connectivity index is 2.57. The molecule has 1 aromatic heterocycles. The van der Waals surface area contributed by atoms with Crippen LogP contribution in [0.15, 0.2) is 0 Å². The van der Waals surface area contributed by atoms with Crippen LogP contribution < -0.4 is 16.4 Å². The fourth-order valence-electron chi connectivity index (χ4n) is 1.03. The zero-order valence-corrected chi connectivity index (χ0v) is 9.38. The highest BCUT2D eigenvalue weighted by Gasteiger charge is 2.07. The number of rotatable bonds is 4. The number of amides is 1. The molecule has 8 heteroatoms. The fraction of sp³-hybridized carbons (Fsp3) is 0.375. The third-order valence-electron chi connectivity index (χ3n) is 1.70. The molecule has 0 saturated carbocycles. The predicted octanol–water partition coefficient (Wildman–Crippen LogP) is 0.700. The number of hydrogen-bond acceptors (Lipinski definition) is 5. The van der Waals surface area contributed by atoms with Crippen molar-refractivity contribution in [2.45, 2.75) is 6.92 Å². The minimum Gasteiger partial charge on any atom is -0.465 e. The van der Waals surface area contributed by atoms with E-state index in [0.29, 0.717) is 18.2 Å². The molecule has 1 aromatic rings. The number of carbonyl (C=O) groups is 1. The quantitative estimate of drug-likeness (QED) is 0.459. The summed E-state index contributed by atoms with van der Waals surface area (Å²) in [5.41, 5.74) is 5.89. The van der Waals surface area contributed by atoms with Crippen molar-refractivity contribution in [3.8, 4) is 0 Å². The van der Waals surface area contributed by atoms with Crippen LogP contribution in [0.1, 0.15) is 5.82 Å². The van der Waals surface area contributed by atoms with E-state index in [4.69, 9.17) is 22.4 Å². The van der Waals surface area contributed by atoms with Crippen molar-refractivity contribution in [2.75, 3.05) is 24.1 Å². The molecule has 0 unspecified atom stereocenters. The van der Waals surface area contributed by atoms with Gasteiger partial charge in [0, 0.05) is 13.1 Å². The van der Waals surface area contributed by atoms with Gasteiger partial charge in [-0.2, -0.15) is 0 Å². The van der Waals surface area contributed by atoms with Crippen LogP contribution in [0.2, 0.25) is 5.15 Å². The lowest BCUT2D eigenvalue weighted by atomic mass is 10.4. The summed E-state index contributed by atoms with van der Waals surface area (Å²) in [5.74, 6) is 0.901. The van der Waals surface area contributed by atoms with Crippen LogP contribution in [-0.4, -0.2) is 34.3 Å². The molecule has 7 nitrogen and oxygen atoms in total. The number of aryl methyl sites for hydroxylation is 1. The summed E-state index contributed by atoms with van der Waals surface area (Å²) < 4.78 is 0. The molecule has 0 spiro atoms. The largest absolute Gasteiger partial charge is 0.465 e. The van der Waals surface area contributed by atoms with Crippen molar-refractivity contribution in [1.29, 1.82) is 0 Å². The lowest BCUT2D eigenvalue weighted by molar-refractivity contribution is 0.195. The number of carboxylic acid groups (broad SMARTS) is 1. The van der Waals surface area contributed by atoms with E-state index in [1.807, 2.05) is 0 Å². The zero-order valence-electron chi connectivity index (χ0n) is 8.62. The topological polar surface area (TPSA) is 113 Å². The van der Waals surface area contributed by atoms with Crippen molar-refractivity contribution in [3.63, 3.8) is 0 Å². The lowest BCUT2D eigenvalue weighted by Gasteiger charge is -2.09.